The fraction of sp³-hybridized carbons (Fsp3) is 0.500. The summed E-state index contributed by atoms with van der Waals surface area (Å²) in [7, 11) is 1.50. The number of nitrogens with zero attached hydrogens (tertiary/aromatic N) is 1. The number of pyridine rings is 1. The smallest absolute Gasteiger partial charge is 0.292 e. The Balaban J connectivity index is 2.72. The molecule has 0 atom stereocenters. The van der Waals surface area contributed by atoms with Gasteiger partial charge in [-0.1, -0.05) is 0 Å². The number of hydrogen-bond donors (Lipinski definition) is 1. The maximum Gasteiger partial charge on any atom is 0.292 e. The van der Waals surface area contributed by atoms with E-state index in [1.165, 1.54) is 7.11 Å². The van der Waals surface area contributed by atoms with Gasteiger partial charge in [0.25, 0.3) is 5.56 Å². The van der Waals surface area contributed by atoms with Crippen LogP contribution in [0.4, 0.5) is 0 Å². The van der Waals surface area contributed by atoms with Crippen LogP contribution in [0.3, 0.4) is 0 Å². The number of rotatable bonds is 5. The van der Waals surface area contributed by atoms with Gasteiger partial charge in [0.2, 0.25) is 0 Å². The zero-order valence-electron chi connectivity index (χ0n) is 8.40. The van der Waals surface area contributed by atoms with Crippen molar-refractivity contribution in [3.63, 3.8) is 0 Å². The van der Waals surface area contributed by atoms with Gasteiger partial charge in [0.1, 0.15) is 0 Å². The lowest BCUT2D eigenvalue weighted by Crippen LogP contribution is -2.20. The fourth-order valence-electron chi connectivity index (χ4n) is 1.27. The molecule has 1 aromatic rings. The van der Waals surface area contributed by atoms with Gasteiger partial charge < -0.3 is 15.0 Å². The Hall–Kier alpha value is -1.29. The molecule has 0 aromatic carbocycles. The van der Waals surface area contributed by atoms with Gasteiger partial charge in [-0.15, -0.1) is 0 Å². The molecule has 0 aliphatic carbocycles. The summed E-state index contributed by atoms with van der Waals surface area (Å²) in [6, 6.07) is 3.48. The highest BCUT2D eigenvalue weighted by molar-refractivity contribution is 5.16. The number of methoxy groups -OCH3 is 1. The Labute approximate surface area is 83.3 Å². The second kappa shape index (κ2) is 5.44. The summed E-state index contributed by atoms with van der Waals surface area (Å²) in [4.78, 5) is 11.6. The minimum Gasteiger partial charge on any atom is -0.491 e. The molecule has 1 aromatic heterocycles. The van der Waals surface area contributed by atoms with Crippen molar-refractivity contribution in [2.45, 2.75) is 19.4 Å². The molecule has 0 unspecified atom stereocenters. The van der Waals surface area contributed by atoms with E-state index in [4.69, 9.17) is 10.5 Å². The first kappa shape index (κ1) is 10.8. The monoisotopic (exact) mass is 196 g/mol. The first-order valence-corrected chi connectivity index (χ1v) is 4.73. The van der Waals surface area contributed by atoms with Crippen LogP contribution in [0, 0.1) is 0 Å². The minimum atomic E-state index is -0.0768. The zero-order chi connectivity index (χ0) is 10.4. The highest BCUT2D eigenvalue weighted by Crippen LogP contribution is 2.01. The van der Waals surface area contributed by atoms with Crippen LogP contribution in [0.25, 0.3) is 0 Å². The van der Waals surface area contributed by atoms with Crippen LogP contribution in [0.5, 0.6) is 5.75 Å². The predicted molar refractivity (Wildman–Crippen MR) is 55.5 cm³/mol. The van der Waals surface area contributed by atoms with Gasteiger partial charge in [-0.25, -0.2) is 0 Å². The lowest BCUT2D eigenvalue weighted by Gasteiger charge is -2.06. The molecule has 4 heteroatoms. The van der Waals surface area contributed by atoms with Crippen LogP contribution >= 0.6 is 0 Å². The van der Waals surface area contributed by atoms with Crippen molar-refractivity contribution >= 4 is 0 Å². The van der Waals surface area contributed by atoms with E-state index in [-0.39, 0.29) is 5.56 Å². The van der Waals surface area contributed by atoms with Crippen LogP contribution in [0.1, 0.15) is 12.8 Å². The summed E-state index contributed by atoms with van der Waals surface area (Å²) in [5, 5.41) is 0. The van der Waals surface area contributed by atoms with Gasteiger partial charge in [-0.3, -0.25) is 4.79 Å². The molecule has 0 radical (unpaired) electrons. The van der Waals surface area contributed by atoms with E-state index in [1.54, 1.807) is 16.8 Å². The highest BCUT2D eigenvalue weighted by Gasteiger charge is 2.01. The second-order valence-electron chi connectivity index (χ2n) is 3.07. The van der Waals surface area contributed by atoms with E-state index in [2.05, 4.69) is 0 Å². The molecule has 0 aliphatic heterocycles. The van der Waals surface area contributed by atoms with Crippen molar-refractivity contribution in [1.29, 1.82) is 0 Å². The number of aryl methyl sites for hydroxylation is 1. The lowest BCUT2D eigenvalue weighted by atomic mass is 10.3. The summed E-state index contributed by atoms with van der Waals surface area (Å²) < 4.78 is 6.58. The summed E-state index contributed by atoms with van der Waals surface area (Å²) in [5.41, 5.74) is 5.30. The van der Waals surface area contributed by atoms with Gasteiger partial charge in [-0.2, -0.15) is 0 Å². The van der Waals surface area contributed by atoms with Crippen LogP contribution < -0.4 is 16.0 Å². The van der Waals surface area contributed by atoms with Gasteiger partial charge in [0.05, 0.1) is 7.11 Å². The van der Waals surface area contributed by atoms with Crippen molar-refractivity contribution in [3.05, 3.63) is 28.7 Å². The maximum atomic E-state index is 11.6. The number of aromatic nitrogens is 1. The largest absolute Gasteiger partial charge is 0.491 e. The molecule has 1 rings (SSSR count). The summed E-state index contributed by atoms with van der Waals surface area (Å²) in [6.07, 6.45) is 3.62. The SMILES string of the molecule is COc1cccn(CCCCN)c1=O. The third-order valence-corrected chi connectivity index (χ3v) is 2.06. The molecule has 0 saturated heterocycles. The quantitative estimate of drug-likeness (QED) is 0.701. The van der Waals surface area contributed by atoms with E-state index >= 15 is 0 Å². The Kier molecular flexibility index (Phi) is 4.19. The first-order valence-electron chi connectivity index (χ1n) is 4.73. The topological polar surface area (TPSA) is 57.2 Å². The summed E-state index contributed by atoms with van der Waals surface area (Å²) >= 11 is 0. The van der Waals surface area contributed by atoms with Crippen LogP contribution in [0.2, 0.25) is 0 Å². The van der Waals surface area contributed by atoms with Gasteiger partial charge in [0, 0.05) is 12.7 Å². The predicted octanol–water partition coefficient (Wildman–Crippen LogP) is 0.596. The zero-order valence-corrected chi connectivity index (χ0v) is 8.40. The third kappa shape index (κ3) is 2.60. The number of ether oxygens (including phenoxy) is 1. The van der Waals surface area contributed by atoms with Gasteiger partial charge in [0.15, 0.2) is 5.75 Å². The maximum absolute atomic E-state index is 11.6. The molecule has 0 saturated carbocycles. The van der Waals surface area contributed by atoms with Crippen LogP contribution in [-0.4, -0.2) is 18.2 Å². The summed E-state index contributed by atoms with van der Waals surface area (Å²) in [6.45, 7) is 1.37. The molecule has 14 heavy (non-hydrogen) atoms. The first-order chi connectivity index (χ1) is 6.79. The van der Waals surface area contributed by atoms with Crippen molar-refractivity contribution in [2.24, 2.45) is 5.73 Å². The molecular weight excluding hydrogens is 180 g/mol. The highest BCUT2D eigenvalue weighted by atomic mass is 16.5. The number of nitrogens with two attached hydrogens (primary N) is 1. The van der Waals surface area contributed by atoms with Crippen molar-refractivity contribution in [3.8, 4) is 5.75 Å². The fourth-order valence-corrected chi connectivity index (χ4v) is 1.27. The molecule has 0 fully saturated rings. The molecule has 4 nitrogen and oxygen atoms in total. The Bertz CT molecular complexity index is 333. The standard InChI is InChI=1S/C10H16N2O2/c1-14-9-5-4-8-12(10(9)13)7-3-2-6-11/h4-5,8H,2-3,6-7,11H2,1H3. The van der Waals surface area contributed by atoms with Crippen LogP contribution in [-0.2, 0) is 6.54 Å². The average molecular weight is 196 g/mol. The van der Waals surface area contributed by atoms with Crippen molar-refractivity contribution in [1.82, 2.24) is 4.57 Å². The molecular formula is C10H16N2O2. The molecule has 0 spiro atoms. The third-order valence-electron chi connectivity index (χ3n) is 2.06. The van der Waals surface area contributed by atoms with E-state index in [0.29, 0.717) is 18.8 Å². The molecule has 0 aliphatic rings. The molecule has 78 valence electrons. The Morgan fingerprint density at radius 2 is 2.29 bits per heavy atom. The van der Waals surface area contributed by atoms with E-state index < -0.39 is 0 Å². The summed E-state index contributed by atoms with van der Waals surface area (Å²) in [5.74, 6) is 0.389. The van der Waals surface area contributed by atoms with E-state index in [1.807, 2.05) is 6.07 Å². The molecule has 1 heterocycles. The number of unbranched alkanes of at least 4 members (excludes halogenated alkanes) is 1. The Morgan fingerprint density at radius 1 is 1.50 bits per heavy atom. The second-order valence-corrected chi connectivity index (χ2v) is 3.07. The van der Waals surface area contributed by atoms with Crippen molar-refractivity contribution < 1.29 is 4.74 Å². The average Bonchev–Trinajstić information content (AvgIpc) is 2.21. The van der Waals surface area contributed by atoms with Gasteiger partial charge in [-0.05, 0) is 31.5 Å². The molecule has 2 N–H and O–H groups in total. The van der Waals surface area contributed by atoms with Gasteiger partial charge >= 0.3 is 0 Å². The lowest BCUT2D eigenvalue weighted by molar-refractivity contribution is 0.401. The minimum absolute atomic E-state index is 0.0768. The van der Waals surface area contributed by atoms with E-state index in [0.717, 1.165) is 12.8 Å². The Morgan fingerprint density at radius 3 is 2.93 bits per heavy atom. The normalized spacial score (nSPS) is 10.1. The molecule has 0 amide bonds. The number of hydrogen-bond acceptors (Lipinski definition) is 3. The molecule has 0 bridgehead atoms. The van der Waals surface area contributed by atoms with Crippen molar-refractivity contribution in [2.75, 3.05) is 13.7 Å². The van der Waals surface area contributed by atoms with Crippen LogP contribution in [0.15, 0.2) is 23.1 Å². The van der Waals surface area contributed by atoms with E-state index in [9.17, 15) is 4.79 Å².